The molecular formula is C24H32N4O3. The van der Waals surface area contributed by atoms with Crippen molar-refractivity contribution in [2.75, 3.05) is 31.5 Å². The van der Waals surface area contributed by atoms with Crippen LogP contribution in [0, 0.1) is 5.92 Å². The predicted molar refractivity (Wildman–Crippen MR) is 119 cm³/mol. The van der Waals surface area contributed by atoms with Crippen LogP contribution >= 0.6 is 0 Å². The second-order valence-electron chi connectivity index (χ2n) is 8.78. The largest absolute Gasteiger partial charge is 0.493 e. The van der Waals surface area contributed by atoms with E-state index in [9.17, 15) is 15.0 Å². The fourth-order valence-corrected chi connectivity index (χ4v) is 4.93. The molecule has 3 N–H and O–H groups in total. The zero-order valence-electron chi connectivity index (χ0n) is 18.0. The third-order valence-corrected chi connectivity index (χ3v) is 6.65. The topological polar surface area (TPSA) is 98.6 Å². The number of aliphatic carboxylic acids is 1. The summed E-state index contributed by atoms with van der Waals surface area (Å²) in [6.07, 6.45) is 8.06. The smallest absolute Gasteiger partial charge is 0.303 e. The van der Waals surface area contributed by atoms with Crippen LogP contribution in [0.25, 0.3) is 0 Å². The van der Waals surface area contributed by atoms with Gasteiger partial charge in [-0.25, -0.2) is 9.97 Å². The normalized spacial score (nSPS) is 18.2. The number of likely N-dealkylation sites (tertiary alicyclic amines) is 1. The number of carbonyl (C=O) groups is 1. The molecule has 0 spiro atoms. The van der Waals surface area contributed by atoms with Crippen molar-refractivity contribution in [1.82, 2.24) is 14.9 Å². The van der Waals surface area contributed by atoms with E-state index in [2.05, 4.69) is 27.3 Å². The van der Waals surface area contributed by atoms with Crippen LogP contribution in [0.5, 0.6) is 5.88 Å². The number of aromatic nitrogens is 2. The Morgan fingerprint density at radius 3 is 2.81 bits per heavy atom. The Bertz CT molecular complexity index is 879. The zero-order chi connectivity index (χ0) is 21.6. The molecule has 31 heavy (non-hydrogen) atoms. The summed E-state index contributed by atoms with van der Waals surface area (Å²) in [5.74, 6) is 0.522. The Morgan fingerprint density at radius 2 is 2.06 bits per heavy atom. The third-order valence-electron chi connectivity index (χ3n) is 6.65. The number of anilines is 1. The van der Waals surface area contributed by atoms with Gasteiger partial charge in [-0.1, -0.05) is 12.1 Å². The standard InChI is InChI=1S/C24H32N4O3/c29-22-8-6-19(16-26-22)21(15-23(30)31)17-9-13-28(14-10-17)12-2-4-20-7-5-18-3-1-11-25-24(18)27-20/h5-8,16-17,21H,1-4,9-15H2,(H,25,27)(H,26,29)(H,30,31). The Labute approximate surface area is 183 Å². The van der Waals surface area contributed by atoms with Crippen LogP contribution in [0.4, 0.5) is 5.82 Å². The van der Waals surface area contributed by atoms with Crippen LogP contribution in [0.15, 0.2) is 30.5 Å². The average molecular weight is 425 g/mol. The zero-order valence-corrected chi connectivity index (χ0v) is 18.0. The summed E-state index contributed by atoms with van der Waals surface area (Å²) in [4.78, 5) is 22.7. The van der Waals surface area contributed by atoms with Gasteiger partial charge in [0.15, 0.2) is 0 Å². The van der Waals surface area contributed by atoms with Gasteiger partial charge in [-0.2, -0.15) is 0 Å². The van der Waals surface area contributed by atoms with Gasteiger partial charge in [-0.05, 0) is 87.2 Å². The third kappa shape index (κ3) is 5.73. The molecule has 2 aliphatic rings. The van der Waals surface area contributed by atoms with Gasteiger partial charge in [-0.3, -0.25) is 4.79 Å². The summed E-state index contributed by atoms with van der Waals surface area (Å²) >= 11 is 0. The average Bonchev–Trinajstić information content (AvgIpc) is 2.78. The fraction of sp³-hybridized carbons (Fsp3) is 0.542. The number of nitrogens with zero attached hydrogens (tertiary/aromatic N) is 3. The lowest BCUT2D eigenvalue weighted by molar-refractivity contribution is -0.137. The highest BCUT2D eigenvalue weighted by Gasteiger charge is 2.29. The maximum absolute atomic E-state index is 11.4. The minimum Gasteiger partial charge on any atom is -0.493 e. The maximum Gasteiger partial charge on any atom is 0.303 e. The number of aryl methyl sites for hydroxylation is 2. The first kappa shape index (κ1) is 21.6. The van der Waals surface area contributed by atoms with Crippen molar-refractivity contribution in [3.63, 3.8) is 0 Å². The number of hydrogen-bond acceptors (Lipinski definition) is 6. The lowest BCUT2D eigenvalue weighted by Gasteiger charge is -2.36. The first-order chi connectivity index (χ1) is 15.1. The minimum absolute atomic E-state index is 0.0307. The molecule has 7 heteroatoms. The van der Waals surface area contributed by atoms with E-state index in [-0.39, 0.29) is 18.2 Å². The molecule has 1 fully saturated rings. The summed E-state index contributed by atoms with van der Waals surface area (Å²) in [7, 11) is 0. The van der Waals surface area contributed by atoms with E-state index in [0.717, 1.165) is 75.4 Å². The summed E-state index contributed by atoms with van der Waals surface area (Å²) in [6.45, 7) is 4.04. The van der Waals surface area contributed by atoms with Crippen molar-refractivity contribution in [3.8, 4) is 5.88 Å². The number of aromatic hydroxyl groups is 1. The number of carboxylic acids is 1. The van der Waals surface area contributed by atoms with Crippen molar-refractivity contribution < 1.29 is 15.0 Å². The van der Waals surface area contributed by atoms with Crippen LogP contribution in [0.1, 0.15) is 54.8 Å². The van der Waals surface area contributed by atoms with E-state index in [4.69, 9.17) is 4.98 Å². The van der Waals surface area contributed by atoms with E-state index in [1.165, 1.54) is 12.0 Å². The highest BCUT2D eigenvalue weighted by molar-refractivity contribution is 5.68. The Balaban J connectivity index is 1.26. The van der Waals surface area contributed by atoms with E-state index < -0.39 is 5.97 Å². The Kier molecular flexibility index (Phi) is 7.02. The SMILES string of the molecule is O=C(O)CC(c1ccc(O)nc1)C1CCN(CCCc2ccc3c(n2)NCCC3)CC1. The maximum atomic E-state index is 11.4. The van der Waals surface area contributed by atoms with Crippen LogP contribution in [-0.2, 0) is 17.6 Å². The summed E-state index contributed by atoms with van der Waals surface area (Å²) in [5.41, 5.74) is 3.40. The number of pyridine rings is 2. The van der Waals surface area contributed by atoms with E-state index in [1.807, 2.05) is 6.07 Å². The van der Waals surface area contributed by atoms with Gasteiger partial charge in [0.05, 0.1) is 6.42 Å². The van der Waals surface area contributed by atoms with Crippen molar-refractivity contribution in [1.29, 1.82) is 0 Å². The van der Waals surface area contributed by atoms with E-state index >= 15 is 0 Å². The quantitative estimate of drug-likeness (QED) is 0.597. The fourth-order valence-electron chi connectivity index (χ4n) is 4.93. The minimum atomic E-state index is -0.785. The summed E-state index contributed by atoms with van der Waals surface area (Å²) < 4.78 is 0. The van der Waals surface area contributed by atoms with Gasteiger partial charge in [0.1, 0.15) is 5.82 Å². The molecule has 0 amide bonds. The lowest BCUT2D eigenvalue weighted by Crippen LogP contribution is -2.36. The monoisotopic (exact) mass is 424 g/mol. The van der Waals surface area contributed by atoms with Crippen LogP contribution in [-0.4, -0.2) is 57.2 Å². The number of rotatable bonds is 8. The second kappa shape index (κ2) is 10.1. The van der Waals surface area contributed by atoms with Crippen LogP contribution in [0.3, 0.4) is 0 Å². The van der Waals surface area contributed by atoms with Crippen LogP contribution in [0.2, 0.25) is 0 Å². The molecule has 0 bridgehead atoms. The summed E-state index contributed by atoms with van der Waals surface area (Å²) in [5, 5.41) is 22.2. The van der Waals surface area contributed by atoms with Crippen molar-refractivity contribution in [2.45, 2.75) is 50.9 Å². The first-order valence-electron chi connectivity index (χ1n) is 11.4. The Morgan fingerprint density at radius 1 is 1.23 bits per heavy atom. The summed E-state index contributed by atoms with van der Waals surface area (Å²) in [6, 6.07) is 7.74. The predicted octanol–water partition coefficient (Wildman–Crippen LogP) is 3.44. The molecule has 0 aliphatic carbocycles. The van der Waals surface area contributed by atoms with Gasteiger partial charge in [0.2, 0.25) is 5.88 Å². The van der Waals surface area contributed by atoms with Gasteiger partial charge in [-0.15, -0.1) is 0 Å². The lowest BCUT2D eigenvalue weighted by atomic mass is 9.78. The molecule has 2 aliphatic heterocycles. The number of nitrogens with one attached hydrogen (secondary N) is 1. The molecule has 0 aromatic carbocycles. The van der Waals surface area contributed by atoms with Gasteiger partial charge >= 0.3 is 5.97 Å². The first-order valence-corrected chi connectivity index (χ1v) is 11.4. The number of carboxylic acid groups (broad SMARTS) is 1. The van der Waals surface area contributed by atoms with E-state index in [1.54, 1.807) is 12.3 Å². The molecule has 0 radical (unpaired) electrons. The van der Waals surface area contributed by atoms with E-state index in [0.29, 0.717) is 5.92 Å². The number of piperidine rings is 1. The molecule has 4 heterocycles. The molecule has 1 unspecified atom stereocenters. The number of hydrogen-bond donors (Lipinski definition) is 3. The van der Waals surface area contributed by atoms with Gasteiger partial charge in [0, 0.05) is 24.5 Å². The highest BCUT2D eigenvalue weighted by Crippen LogP contribution is 2.35. The molecule has 2 aromatic rings. The van der Waals surface area contributed by atoms with Crippen LogP contribution < -0.4 is 5.32 Å². The molecule has 1 atom stereocenters. The van der Waals surface area contributed by atoms with Crippen molar-refractivity contribution in [3.05, 3.63) is 47.3 Å². The van der Waals surface area contributed by atoms with Gasteiger partial charge < -0.3 is 20.4 Å². The molecule has 166 valence electrons. The Hall–Kier alpha value is -2.67. The molecule has 4 rings (SSSR count). The van der Waals surface area contributed by atoms with Crippen molar-refractivity contribution >= 4 is 11.8 Å². The van der Waals surface area contributed by atoms with Gasteiger partial charge in [0.25, 0.3) is 0 Å². The molecule has 2 aromatic heterocycles. The molecule has 7 nitrogen and oxygen atoms in total. The highest BCUT2D eigenvalue weighted by atomic mass is 16.4. The molecule has 0 saturated carbocycles. The van der Waals surface area contributed by atoms with Crippen molar-refractivity contribution in [2.24, 2.45) is 5.92 Å². The number of fused-ring (bicyclic) bond motifs is 1. The molecular weight excluding hydrogens is 392 g/mol. The second-order valence-corrected chi connectivity index (χ2v) is 8.78. The molecule has 1 saturated heterocycles.